The van der Waals surface area contributed by atoms with Gasteiger partial charge in [0, 0.05) is 6.42 Å². The number of hydrogen-bond donors (Lipinski definition) is 2. The molecule has 6 nitrogen and oxygen atoms in total. The maximum absolute atomic E-state index is 5.63. The predicted molar refractivity (Wildman–Crippen MR) is 69.1 cm³/mol. The molecule has 0 amide bonds. The number of aromatic nitrogens is 3. The molecule has 0 bridgehead atoms. The third-order valence-corrected chi connectivity index (χ3v) is 2.55. The maximum atomic E-state index is 5.63. The van der Waals surface area contributed by atoms with Crippen molar-refractivity contribution in [2.45, 2.75) is 33.2 Å². The molecule has 2 heterocycles. The molecule has 0 saturated heterocycles. The zero-order valence-corrected chi connectivity index (χ0v) is 10.8. The summed E-state index contributed by atoms with van der Waals surface area (Å²) in [7, 11) is 0. The fourth-order valence-electron chi connectivity index (χ4n) is 1.61. The van der Waals surface area contributed by atoms with Crippen LogP contribution in [0.4, 0.5) is 11.9 Å². The van der Waals surface area contributed by atoms with Crippen LogP contribution in [0.5, 0.6) is 0 Å². The Balaban J connectivity index is 2.16. The lowest BCUT2D eigenvalue weighted by Crippen LogP contribution is -2.12. The Morgan fingerprint density at radius 2 is 2.11 bits per heavy atom. The van der Waals surface area contributed by atoms with Crippen molar-refractivity contribution in [3.05, 3.63) is 29.5 Å². The molecule has 3 N–H and O–H groups in total. The molecule has 96 valence electrons. The molecule has 1 unspecified atom stereocenters. The molecule has 1 atom stereocenters. The highest BCUT2D eigenvalue weighted by Crippen LogP contribution is 2.19. The zero-order chi connectivity index (χ0) is 13.1. The number of nitrogens with two attached hydrogens (primary N) is 1. The summed E-state index contributed by atoms with van der Waals surface area (Å²) in [6.45, 7) is 5.86. The molecule has 0 fully saturated rings. The first kappa shape index (κ1) is 12.3. The number of nitrogens with zero attached hydrogens (tertiary/aromatic N) is 3. The van der Waals surface area contributed by atoms with Crippen LogP contribution in [-0.2, 0) is 6.42 Å². The summed E-state index contributed by atoms with van der Waals surface area (Å²) in [5.41, 5.74) is 5.63. The normalized spacial score (nSPS) is 12.4. The lowest BCUT2D eigenvalue weighted by atomic mass is 10.2. The van der Waals surface area contributed by atoms with E-state index in [0.717, 1.165) is 17.9 Å². The van der Waals surface area contributed by atoms with Gasteiger partial charge >= 0.3 is 0 Å². The molecule has 2 rings (SSSR count). The molecule has 0 aliphatic rings. The van der Waals surface area contributed by atoms with E-state index in [0.29, 0.717) is 11.8 Å². The summed E-state index contributed by atoms with van der Waals surface area (Å²) in [6, 6.07) is 3.83. The predicted octanol–water partition coefficient (Wildman–Crippen LogP) is 2.09. The summed E-state index contributed by atoms with van der Waals surface area (Å²) in [5.74, 6) is 3.09. The van der Waals surface area contributed by atoms with Gasteiger partial charge in [-0.05, 0) is 26.0 Å². The van der Waals surface area contributed by atoms with Gasteiger partial charge in [-0.15, -0.1) is 0 Å². The summed E-state index contributed by atoms with van der Waals surface area (Å²) in [5, 5.41) is 3.15. The first-order chi connectivity index (χ1) is 8.58. The van der Waals surface area contributed by atoms with Crippen LogP contribution >= 0.6 is 0 Å². The fraction of sp³-hybridized carbons (Fsp3) is 0.417. The summed E-state index contributed by atoms with van der Waals surface area (Å²) < 4.78 is 5.54. The van der Waals surface area contributed by atoms with Crippen molar-refractivity contribution in [1.82, 2.24) is 15.0 Å². The summed E-state index contributed by atoms with van der Waals surface area (Å²) in [6.07, 6.45) is 0.718. The van der Waals surface area contributed by atoms with Crippen LogP contribution in [-0.4, -0.2) is 15.0 Å². The first-order valence-corrected chi connectivity index (χ1v) is 5.91. The van der Waals surface area contributed by atoms with E-state index in [2.05, 4.69) is 20.3 Å². The average molecular weight is 247 g/mol. The van der Waals surface area contributed by atoms with Crippen molar-refractivity contribution in [1.29, 1.82) is 0 Å². The number of nitrogens with one attached hydrogen (secondary N) is 1. The largest absolute Gasteiger partial charge is 0.464 e. The standard InChI is InChI=1S/C12H17N5O/c1-4-10-15-11(13)17-12(16-10)14-8(3)9-6-5-7(2)18-9/h5-6,8H,4H2,1-3H3,(H3,13,14,15,16,17). The molecule has 0 aromatic carbocycles. The maximum Gasteiger partial charge on any atom is 0.228 e. The van der Waals surface area contributed by atoms with Gasteiger partial charge in [-0.1, -0.05) is 6.92 Å². The van der Waals surface area contributed by atoms with Crippen molar-refractivity contribution in [3.8, 4) is 0 Å². The van der Waals surface area contributed by atoms with E-state index in [4.69, 9.17) is 10.2 Å². The zero-order valence-electron chi connectivity index (χ0n) is 10.8. The van der Waals surface area contributed by atoms with Gasteiger partial charge in [0.05, 0.1) is 6.04 Å². The van der Waals surface area contributed by atoms with Crippen LogP contribution in [0.15, 0.2) is 16.5 Å². The number of anilines is 2. The van der Waals surface area contributed by atoms with Gasteiger partial charge in [0.1, 0.15) is 17.3 Å². The number of aryl methyl sites for hydroxylation is 2. The van der Waals surface area contributed by atoms with Gasteiger partial charge in [0.2, 0.25) is 11.9 Å². The van der Waals surface area contributed by atoms with E-state index >= 15 is 0 Å². The second-order valence-corrected chi connectivity index (χ2v) is 4.10. The Bertz CT molecular complexity index is 537. The topological polar surface area (TPSA) is 89.9 Å². The molecule has 0 saturated carbocycles. The van der Waals surface area contributed by atoms with Gasteiger partial charge in [-0.3, -0.25) is 0 Å². The lowest BCUT2D eigenvalue weighted by molar-refractivity contribution is 0.466. The Morgan fingerprint density at radius 3 is 2.72 bits per heavy atom. The number of furan rings is 1. The van der Waals surface area contributed by atoms with Crippen molar-refractivity contribution in [3.63, 3.8) is 0 Å². The van der Waals surface area contributed by atoms with Crippen molar-refractivity contribution in [2.75, 3.05) is 11.1 Å². The molecule has 0 aliphatic heterocycles. The van der Waals surface area contributed by atoms with E-state index in [1.807, 2.05) is 32.9 Å². The van der Waals surface area contributed by atoms with Gasteiger partial charge in [0.25, 0.3) is 0 Å². The Labute approximate surface area is 106 Å². The highest BCUT2D eigenvalue weighted by atomic mass is 16.3. The highest BCUT2D eigenvalue weighted by molar-refractivity contribution is 5.33. The second kappa shape index (κ2) is 5.03. The van der Waals surface area contributed by atoms with Gasteiger partial charge in [0.15, 0.2) is 0 Å². The molecule has 18 heavy (non-hydrogen) atoms. The van der Waals surface area contributed by atoms with Crippen LogP contribution in [0.3, 0.4) is 0 Å². The first-order valence-electron chi connectivity index (χ1n) is 5.91. The van der Waals surface area contributed by atoms with E-state index < -0.39 is 0 Å². The molecular formula is C12H17N5O. The minimum Gasteiger partial charge on any atom is -0.464 e. The SMILES string of the molecule is CCc1nc(N)nc(NC(C)c2ccc(C)o2)n1. The third kappa shape index (κ3) is 2.77. The number of nitrogen functional groups attached to an aromatic ring is 1. The summed E-state index contributed by atoms with van der Waals surface area (Å²) >= 11 is 0. The van der Waals surface area contributed by atoms with E-state index in [1.54, 1.807) is 0 Å². The molecule has 6 heteroatoms. The van der Waals surface area contributed by atoms with E-state index in [1.165, 1.54) is 0 Å². The van der Waals surface area contributed by atoms with Crippen molar-refractivity contribution >= 4 is 11.9 Å². The lowest BCUT2D eigenvalue weighted by Gasteiger charge is -2.11. The number of hydrogen-bond acceptors (Lipinski definition) is 6. The molecule has 0 spiro atoms. The number of rotatable bonds is 4. The van der Waals surface area contributed by atoms with Crippen LogP contribution in [0.1, 0.15) is 37.2 Å². The van der Waals surface area contributed by atoms with Crippen LogP contribution in [0.2, 0.25) is 0 Å². The molecule has 0 aliphatic carbocycles. The average Bonchev–Trinajstić information content (AvgIpc) is 2.75. The van der Waals surface area contributed by atoms with E-state index in [-0.39, 0.29) is 12.0 Å². The van der Waals surface area contributed by atoms with Crippen molar-refractivity contribution < 1.29 is 4.42 Å². The van der Waals surface area contributed by atoms with Gasteiger partial charge in [-0.25, -0.2) is 0 Å². The molecule has 2 aromatic rings. The molecule has 0 radical (unpaired) electrons. The minimum absolute atomic E-state index is 0.0230. The van der Waals surface area contributed by atoms with E-state index in [9.17, 15) is 0 Å². The third-order valence-electron chi connectivity index (χ3n) is 2.55. The smallest absolute Gasteiger partial charge is 0.228 e. The fourth-order valence-corrected chi connectivity index (χ4v) is 1.61. The van der Waals surface area contributed by atoms with Crippen molar-refractivity contribution in [2.24, 2.45) is 0 Å². The van der Waals surface area contributed by atoms with Crippen LogP contribution in [0, 0.1) is 6.92 Å². The van der Waals surface area contributed by atoms with Gasteiger partial charge in [-0.2, -0.15) is 15.0 Å². The minimum atomic E-state index is -0.0230. The molecule has 2 aromatic heterocycles. The monoisotopic (exact) mass is 247 g/mol. The Kier molecular flexibility index (Phi) is 3.45. The van der Waals surface area contributed by atoms with Crippen LogP contribution < -0.4 is 11.1 Å². The summed E-state index contributed by atoms with van der Waals surface area (Å²) in [4.78, 5) is 12.4. The Hall–Kier alpha value is -2.11. The van der Waals surface area contributed by atoms with Crippen LogP contribution in [0.25, 0.3) is 0 Å². The Morgan fingerprint density at radius 1 is 1.33 bits per heavy atom. The second-order valence-electron chi connectivity index (χ2n) is 4.10. The van der Waals surface area contributed by atoms with Gasteiger partial charge < -0.3 is 15.5 Å². The molecular weight excluding hydrogens is 230 g/mol. The quantitative estimate of drug-likeness (QED) is 0.859. The highest BCUT2D eigenvalue weighted by Gasteiger charge is 2.11.